The number of hydrogen-bond donors (Lipinski definition) is 0. The number of fused-ring (bicyclic) bond motifs is 1. The second kappa shape index (κ2) is 3.42. The van der Waals surface area contributed by atoms with Gasteiger partial charge in [0.15, 0.2) is 0 Å². The first-order chi connectivity index (χ1) is 6.16. The molecular formula is C9H4BrIO2. The molecule has 0 spiro atoms. The third-order valence-electron chi connectivity index (χ3n) is 1.65. The molecule has 0 aliphatic rings. The van der Waals surface area contributed by atoms with Crippen molar-refractivity contribution in [3.63, 3.8) is 0 Å². The summed E-state index contributed by atoms with van der Waals surface area (Å²) in [4.78, 5) is 11.1. The van der Waals surface area contributed by atoms with E-state index in [0.717, 1.165) is 8.96 Å². The highest BCUT2D eigenvalue weighted by Crippen LogP contribution is 2.18. The summed E-state index contributed by atoms with van der Waals surface area (Å²) in [6, 6.07) is 7.43. The first kappa shape index (κ1) is 9.21. The van der Waals surface area contributed by atoms with Crippen molar-refractivity contribution in [2.45, 2.75) is 0 Å². The molecule has 0 fully saturated rings. The van der Waals surface area contributed by atoms with Crippen LogP contribution in [0.5, 0.6) is 0 Å². The van der Waals surface area contributed by atoms with Crippen molar-refractivity contribution in [2.75, 3.05) is 0 Å². The third kappa shape index (κ3) is 1.78. The van der Waals surface area contributed by atoms with E-state index in [1.165, 1.54) is 0 Å². The van der Waals surface area contributed by atoms with Crippen molar-refractivity contribution >= 4 is 49.5 Å². The van der Waals surface area contributed by atoms with Gasteiger partial charge >= 0.3 is 5.63 Å². The van der Waals surface area contributed by atoms with Gasteiger partial charge in [0.25, 0.3) is 0 Å². The van der Waals surface area contributed by atoms with Crippen molar-refractivity contribution in [2.24, 2.45) is 0 Å². The average molecular weight is 351 g/mol. The third-order valence-corrected chi connectivity index (χ3v) is 2.88. The Labute approximate surface area is 96.2 Å². The maximum absolute atomic E-state index is 11.1. The van der Waals surface area contributed by atoms with Crippen molar-refractivity contribution in [1.82, 2.24) is 0 Å². The van der Waals surface area contributed by atoms with Crippen LogP contribution in [0.3, 0.4) is 0 Å². The fourth-order valence-electron chi connectivity index (χ4n) is 1.07. The highest BCUT2D eigenvalue weighted by atomic mass is 127. The molecule has 0 atom stereocenters. The molecule has 0 aliphatic heterocycles. The van der Waals surface area contributed by atoms with Gasteiger partial charge in [-0.1, -0.05) is 0 Å². The summed E-state index contributed by atoms with van der Waals surface area (Å²) < 4.78 is 6.62. The van der Waals surface area contributed by atoms with Crippen molar-refractivity contribution in [1.29, 1.82) is 0 Å². The molecule has 13 heavy (non-hydrogen) atoms. The molecule has 2 aromatic rings. The van der Waals surface area contributed by atoms with E-state index >= 15 is 0 Å². The second-order valence-electron chi connectivity index (χ2n) is 2.56. The van der Waals surface area contributed by atoms with E-state index in [0.29, 0.717) is 10.1 Å². The van der Waals surface area contributed by atoms with Crippen LogP contribution in [0.25, 0.3) is 11.0 Å². The summed E-state index contributed by atoms with van der Waals surface area (Å²) in [7, 11) is 0. The van der Waals surface area contributed by atoms with E-state index in [1.807, 2.05) is 12.1 Å². The van der Waals surface area contributed by atoms with E-state index in [9.17, 15) is 4.79 Å². The zero-order chi connectivity index (χ0) is 9.42. The zero-order valence-corrected chi connectivity index (χ0v) is 10.1. The number of hydrogen-bond acceptors (Lipinski definition) is 2. The monoisotopic (exact) mass is 350 g/mol. The highest BCUT2D eigenvalue weighted by molar-refractivity contribution is 14.1. The lowest BCUT2D eigenvalue weighted by molar-refractivity contribution is 0.556. The molecule has 0 N–H and O–H groups in total. The number of benzene rings is 1. The lowest BCUT2D eigenvalue weighted by atomic mass is 10.2. The Bertz CT molecular complexity index is 518. The largest absolute Gasteiger partial charge is 0.422 e. The molecule has 2 nitrogen and oxygen atoms in total. The molecule has 2 rings (SSSR count). The molecule has 1 aromatic heterocycles. The molecule has 66 valence electrons. The SMILES string of the molecule is O=c1oc2ccc(I)cc2cc1Br. The van der Waals surface area contributed by atoms with E-state index in [-0.39, 0.29) is 5.63 Å². The number of rotatable bonds is 0. The first-order valence-corrected chi connectivity index (χ1v) is 5.43. The van der Waals surface area contributed by atoms with Gasteiger partial charge in [-0.25, -0.2) is 4.79 Å². The normalized spacial score (nSPS) is 10.6. The topological polar surface area (TPSA) is 30.2 Å². The predicted octanol–water partition coefficient (Wildman–Crippen LogP) is 3.16. The molecule has 1 heterocycles. The smallest absolute Gasteiger partial charge is 0.350 e. The summed E-state index contributed by atoms with van der Waals surface area (Å²) in [5.74, 6) is 0. The van der Waals surface area contributed by atoms with E-state index in [2.05, 4.69) is 38.5 Å². The minimum atomic E-state index is -0.339. The lowest BCUT2D eigenvalue weighted by Crippen LogP contribution is -1.98. The Balaban J connectivity index is 2.89. The van der Waals surface area contributed by atoms with Gasteiger partial charge in [0, 0.05) is 8.96 Å². The minimum absolute atomic E-state index is 0.339. The molecule has 1 aromatic carbocycles. The van der Waals surface area contributed by atoms with Crippen molar-refractivity contribution in [3.05, 3.63) is 42.7 Å². The van der Waals surface area contributed by atoms with Gasteiger partial charge in [0.05, 0.1) is 0 Å². The number of halogens is 2. The van der Waals surface area contributed by atoms with Crippen LogP contribution >= 0.6 is 38.5 Å². The van der Waals surface area contributed by atoms with Crippen molar-refractivity contribution in [3.8, 4) is 0 Å². The summed E-state index contributed by atoms with van der Waals surface area (Å²) in [6.07, 6.45) is 0. The van der Waals surface area contributed by atoms with Crippen LogP contribution in [0, 0.1) is 3.57 Å². The standard InChI is InChI=1S/C9H4BrIO2/c10-7-4-5-3-6(11)1-2-8(5)13-9(7)12/h1-4H. The molecule has 0 saturated heterocycles. The molecule has 0 amide bonds. The summed E-state index contributed by atoms with van der Waals surface area (Å²) in [5.41, 5.74) is 0.280. The Morgan fingerprint density at radius 1 is 1.31 bits per heavy atom. The first-order valence-electron chi connectivity index (χ1n) is 3.56. The van der Waals surface area contributed by atoms with Gasteiger partial charge in [-0.15, -0.1) is 0 Å². The van der Waals surface area contributed by atoms with E-state index in [4.69, 9.17) is 4.42 Å². The van der Waals surface area contributed by atoms with Crippen molar-refractivity contribution < 1.29 is 4.42 Å². The molecule has 0 bridgehead atoms. The fraction of sp³-hybridized carbons (Fsp3) is 0. The molecular weight excluding hydrogens is 347 g/mol. The van der Waals surface area contributed by atoms with Crippen LogP contribution < -0.4 is 5.63 Å². The maximum atomic E-state index is 11.1. The lowest BCUT2D eigenvalue weighted by Gasteiger charge is -1.96. The Morgan fingerprint density at radius 3 is 2.85 bits per heavy atom. The van der Waals surface area contributed by atoms with Gasteiger partial charge in [0.2, 0.25) is 0 Å². The van der Waals surface area contributed by atoms with Gasteiger partial charge in [0.1, 0.15) is 10.1 Å². The van der Waals surface area contributed by atoms with Crippen LogP contribution in [0.15, 0.2) is 37.9 Å². The molecule has 0 saturated carbocycles. The molecule has 0 aliphatic carbocycles. The Kier molecular flexibility index (Phi) is 2.42. The maximum Gasteiger partial charge on any atom is 0.350 e. The summed E-state index contributed by atoms with van der Waals surface area (Å²) in [6.45, 7) is 0. The van der Waals surface area contributed by atoms with Crippen LogP contribution in [-0.2, 0) is 0 Å². The van der Waals surface area contributed by atoms with Crippen LogP contribution in [0.2, 0.25) is 0 Å². The van der Waals surface area contributed by atoms with E-state index < -0.39 is 0 Å². The average Bonchev–Trinajstić information content (AvgIpc) is 2.08. The highest BCUT2D eigenvalue weighted by Gasteiger charge is 2.01. The predicted molar refractivity (Wildman–Crippen MR) is 62.9 cm³/mol. The van der Waals surface area contributed by atoms with Gasteiger partial charge in [-0.05, 0) is 62.8 Å². The minimum Gasteiger partial charge on any atom is -0.422 e. The van der Waals surface area contributed by atoms with Gasteiger partial charge in [-0.3, -0.25) is 0 Å². The molecule has 4 heteroatoms. The van der Waals surface area contributed by atoms with Gasteiger partial charge in [-0.2, -0.15) is 0 Å². The van der Waals surface area contributed by atoms with Crippen LogP contribution in [0.1, 0.15) is 0 Å². The second-order valence-corrected chi connectivity index (χ2v) is 4.66. The Morgan fingerprint density at radius 2 is 2.08 bits per heavy atom. The molecule has 0 unspecified atom stereocenters. The summed E-state index contributed by atoms with van der Waals surface area (Å²) >= 11 is 5.35. The summed E-state index contributed by atoms with van der Waals surface area (Å²) in [5, 5.41) is 0.929. The zero-order valence-electron chi connectivity index (χ0n) is 6.38. The molecule has 0 radical (unpaired) electrons. The fourth-order valence-corrected chi connectivity index (χ4v) is 1.91. The van der Waals surface area contributed by atoms with Crippen LogP contribution in [-0.4, -0.2) is 0 Å². The Hall–Kier alpha value is -0.360. The van der Waals surface area contributed by atoms with Crippen LogP contribution in [0.4, 0.5) is 0 Å². The van der Waals surface area contributed by atoms with Gasteiger partial charge < -0.3 is 4.42 Å². The quantitative estimate of drug-likeness (QED) is 0.539. The van der Waals surface area contributed by atoms with E-state index in [1.54, 1.807) is 12.1 Å².